The molecule has 1 amide bonds. The molecule has 0 saturated heterocycles. The maximum absolute atomic E-state index is 11.9. The third kappa shape index (κ3) is 3.31. The van der Waals surface area contributed by atoms with Crippen LogP contribution in [0.15, 0.2) is 30.3 Å². The van der Waals surface area contributed by atoms with Crippen LogP contribution >= 0.6 is 0 Å². The smallest absolute Gasteiger partial charge is 0.239 e. The predicted molar refractivity (Wildman–Crippen MR) is 69.9 cm³/mol. The van der Waals surface area contributed by atoms with Crippen molar-refractivity contribution in [1.29, 1.82) is 0 Å². The molecular formula is C14H20N2O2. The maximum atomic E-state index is 11.9. The molecule has 0 aromatic heterocycles. The standard InChI is InChI=1S/C14H20N2O2/c1-18-9-12(15)14(17)16-13(11-7-8-11)10-5-3-2-4-6-10/h2-6,11-13H,7-9,15H2,1H3,(H,16,17). The predicted octanol–water partition coefficient (Wildman–Crippen LogP) is 1.23. The van der Waals surface area contributed by atoms with Gasteiger partial charge in [0.25, 0.3) is 0 Å². The zero-order valence-electron chi connectivity index (χ0n) is 10.6. The highest BCUT2D eigenvalue weighted by Gasteiger charge is 2.34. The second-order valence-corrected chi connectivity index (χ2v) is 4.80. The van der Waals surface area contributed by atoms with E-state index in [0.717, 1.165) is 5.56 Å². The number of hydrogen-bond donors (Lipinski definition) is 2. The molecule has 1 aromatic carbocycles. The Bertz CT molecular complexity index is 390. The number of nitrogens with one attached hydrogen (secondary N) is 1. The number of nitrogens with two attached hydrogens (primary N) is 1. The van der Waals surface area contributed by atoms with Gasteiger partial charge in [-0.3, -0.25) is 4.79 Å². The van der Waals surface area contributed by atoms with E-state index < -0.39 is 6.04 Å². The molecule has 1 aliphatic rings. The molecule has 3 N–H and O–H groups in total. The topological polar surface area (TPSA) is 64.3 Å². The molecule has 2 rings (SSSR count). The van der Waals surface area contributed by atoms with E-state index in [1.165, 1.54) is 12.8 Å². The Morgan fingerprint density at radius 1 is 1.44 bits per heavy atom. The number of hydrogen-bond acceptors (Lipinski definition) is 3. The molecule has 1 saturated carbocycles. The van der Waals surface area contributed by atoms with Crippen molar-refractivity contribution in [2.75, 3.05) is 13.7 Å². The summed E-state index contributed by atoms with van der Waals surface area (Å²) in [6, 6.07) is 9.54. The molecule has 2 atom stereocenters. The second kappa shape index (κ2) is 5.98. The van der Waals surface area contributed by atoms with Crippen molar-refractivity contribution < 1.29 is 9.53 Å². The highest BCUT2D eigenvalue weighted by atomic mass is 16.5. The Hall–Kier alpha value is -1.39. The van der Waals surface area contributed by atoms with Crippen molar-refractivity contribution in [2.24, 2.45) is 11.7 Å². The maximum Gasteiger partial charge on any atom is 0.239 e. The van der Waals surface area contributed by atoms with Crippen LogP contribution in [0.3, 0.4) is 0 Å². The molecule has 4 heteroatoms. The van der Waals surface area contributed by atoms with Gasteiger partial charge in [-0.15, -0.1) is 0 Å². The number of amides is 1. The molecule has 1 aromatic rings. The summed E-state index contributed by atoms with van der Waals surface area (Å²) in [6.45, 7) is 0.248. The van der Waals surface area contributed by atoms with Crippen LogP contribution in [0, 0.1) is 5.92 Å². The number of carbonyl (C=O) groups is 1. The summed E-state index contributed by atoms with van der Waals surface area (Å²) in [5.41, 5.74) is 6.89. The van der Waals surface area contributed by atoms with E-state index in [1.807, 2.05) is 30.3 Å². The minimum atomic E-state index is -0.597. The first-order valence-electron chi connectivity index (χ1n) is 6.32. The third-order valence-electron chi connectivity index (χ3n) is 3.23. The molecular weight excluding hydrogens is 228 g/mol. The van der Waals surface area contributed by atoms with Crippen molar-refractivity contribution in [3.05, 3.63) is 35.9 Å². The van der Waals surface area contributed by atoms with Gasteiger partial charge >= 0.3 is 0 Å². The van der Waals surface area contributed by atoms with Crippen LogP contribution in [0.25, 0.3) is 0 Å². The van der Waals surface area contributed by atoms with Crippen molar-refractivity contribution in [2.45, 2.75) is 24.9 Å². The number of methoxy groups -OCH3 is 1. The summed E-state index contributed by atoms with van der Waals surface area (Å²) in [5, 5.41) is 3.04. The average molecular weight is 248 g/mol. The summed E-state index contributed by atoms with van der Waals surface area (Å²) in [6.07, 6.45) is 2.33. The molecule has 0 radical (unpaired) electrons. The minimum absolute atomic E-state index is 0.0848. The van der Waals surface area contributed by atoms with E-state index in [0.29, 0.717) is 5.92 Å². The molecule has 0 aliphatic heterocycles. The molecule has 4 nitrogen and oxygen atoms in total. The fourth-order valence-electron chi connectivity index (χ4n) is 2.08. The minimum Gasteiger partial charge on any atom is -0.383 e. The van der Waals surface area contributed by atoms with Gasteiger partial charge in [-0.05, 0) is 24.3 Å². The molecule has 1 aliphatic carbocycles. The Balaban J connectivity index is 2.01. The van der Waals surface area contributed by atoms with Gasteiger partial charge in [-0.2, -0.15) is 0 Å². The summed E-state index contributed by atoms with van der Waals surface area (Å²) in [5.74, 6) is 0.406. The van der Waals surface area contributed by atoms with Gasteiger partial charge in [0.05, 0.1) is 12.6 Å². The first kappa shape index (κ1) is 13.1. The normalized spacial score (nSPS) is 18.1. The summed E-state index contributed by atoms with van der Waals surface area (Å²) in [7, 11) is 1.54. The Morgan fingerprint density at radius 2 is 2.11 bits per heavy atom. The van der Waals surface area contributed by atoms with Crippen molar-refractivity contribution in [3.8, 4) is 0 Å². The van der Waals surface area contributed by atoms with Crippen molar-refractivity contribution >= 4 is 5.91 Å². The first-order chi connectivity index (χ1) is 8.72. The number of carbonyl (C=O) groups excluding carboxylic acids is 1. The van der Waals surface area contributed by atoms with Crippen LogP contribution in [0.1, 0.15) is 24.4 Å². The van der Waals surface area contributed by atoms with Crippen LogP contribution in [-0.4, -0.2) is 25.7 Å². The van der Waals surface area contributed by atoms with E-state index >= 15 is 0 Å². The molecule has 2 unspecified atom stereocenters. The lowest BCUT2D eigenvalue weighted by atomic mass is 10.0. The lowest BCUT2D eigenvalue weighted by Gasteiger charge is -2.21. The van der Waals surface area contributed by atoms with Crippen LogP contribution in [0.2, 0.25) is 0 Å². The quantitative estimate of drug-likeness (QED) is 0.795. The van der Waals surface area contributed by atoms with Gasteiger partial charge in [0, 0.05) is 7.11 Å². The van der Waals surface area contributed by atoms with Gasteiger partial charge in [0.2, 0.25) is 5.91 Å². The fourth-order valence-corrected chi connectivity index (χ4v) is 2.08. The summed E-state index contributed by atoms with van der Waals surface area (Å²) >= 11 is 0. The Kier molecular flexibility index (Phi) is 4.33. The summed E-state index contributed by atoms with van der Waals surface area (Å²) in [4.78, 5) is 11.9. The second-order valence-electron chi connectivity index (χ2n) is 4.80. The van der Waals surface area contributed by atoms with Gasteiger partial charge in [0.15, 0.2) is 0 Å². The number of rotatable bonds is 6. The van der Waals surface area contributed by atoms with Gasteiger partial charge in [0.1, 0.15) is 6.04 Å². The average Bonchev–Trinajstić information content (AvgIpc) is 3.21. The third-order valence-corrected chi connectivity index (χ3v) is 3.23. The fraction of sp³-hybridized carbons (Fsp3) is 0.500. The van der Waals surface area contributed by atoms with Crippen LogP contribution in [-0.2, 0) is 9.53 Å². The van der Waals surface area contributed by atoms with Gasteiger partial charge < -0.3 is 15.8 Å². The van der Waals surface area contributed by atoms with E-state index in [1.54, 1.807) is 7.11 Å². The van der Waals surface area contributed by atoms with Crippen molar-refractivity contribution in [1.82, 2.24) is 5.32 Å². The largest absolute Gasteiger partial charge is 0.383 e. The zero-order valence-corrected chi connectivity index (χ0v) is 10.6. The van der Waals surface area contributed by atoms with Crippen molar-refractivity contribution in [3.63, 3.8) is 0 Å². The van der Waals surface area contributed by atoms with Crippen LogP contribution in [0.4, 0.5) is 0 Å². The lowest BCUT2D eigenvalue weighted by molar-refractivity contribution is -0.124. The van der Waals surface area contributed by atoms with Gasteiger partial charge in [-0.25, -0.2) is 0 Å². The monoisotopic (exact) mass is 248 g/mol. The molecule has 0 bridgehead atoms. The van der Waals surface area contributed by atoms with Crippen LogP contribution in [0.5, 0.6) is 0 Å². The van der Waals surface area contributed by atoms with E-state index in [9.17, 15) is 4.79 Å². The van der Waals surface area contributed by atoms with Crippen LogP contribution < -0.4 is 11.1 Å². The zero-order chi connectivity index (χ0) is 13.0. The molecule has 0 spiro atoms. The number of ether oxygens (including phenoxy) is 1. The summed E-state index contributed by atoms with van der Waals surface area (Å²) < 4.78 is 4.90. The lowest BCUT2D eigenvalue weighted by Crippen LogP contribution is -2.45. The Morgan fingerprint density at radius 3 is 2.67 bits per heavy atom. The highest BCUT2D eigenvalue weighted by molar-refractivity contribution is 5.82. The Labute approximate surface area is 108 Å². The van der Waals surface area contributed by atoms with E-state index in [-0.39, 0.29) is 18.6 Å². The number of benzene rings is 1. The van der Waals surface area contributed by atoms with Gasteiger partial charge in [-0.1, -0.05) is 30.3 Å². The molecule has 1 fully saturated rings. The SMILES string of the molecule is COCC(N)C(=O)NC(c1ccccc1)C1CC1. The molecule has 0 heterocycles. The first-order valence-corrected chi connectivity index (χ1v) is 6.32. The molecule has 98 valence electrons. The van der Waals surface area contributed by atoms with E-state index in [2.05, 4.69) is 5.32 Å². The van der Waals surface area contributed by atoms with E-state index in [4.69, 9.17) is 10.5 Å². The highest BCUT2D eigenvalue weighted by Crippen LogP contribution is 2.40. The molecule has 18 heavy (non-hydrogen) atoms.